The van der Waals surface area contributed by atoms with Crippen LogP contribution in [0, 0.1) is 26.2 Å². The Hall–Kier alpha value is -2.87. The van der Waals surface area contributed by atoms with Gasteiger partial charge in [0.05, 0.1) is 11.9 Å². The zero-order valence-electron chi connectivity index (χ0n) is 20.4. The summed E-state index contributed by atoms with van der Waals surface area (Å²) in [6, 6.07) is 8.77. The van der Waals surface area contributed by atoms with E-state index in [1.54, 1.807) is 11.8 Å². The highest BCUT2D eigenvalue weighted by molar-refractivity contribution is 7.92. The molecular formula is C25H33N3O4S. The summed E-state index contributed by atoms with van der Waals surface area (Å²) in [5, 5.41) is 3.01. The molecule has 0 radical (unpaired) electrons. The van der Waals surface area contributed by atoms with Gasteiger partial charge >= 0.3 is 0 Å². The van der Waals surface area contributed by atoms with Crippen LogP contribution < -0.4 is 10.0 Å². The molecule has 1 heterocycles. The number of fused-ring (bicyclic) bond motifs is 1. The number of hydrogen-bond donors (Lipinski definition) is 2. The van der Waals surface area contributed by atoms with E-state index in [0.717, 1.165) is 28.5 Å². The van der Waals surface area contributed by atoms with E-state index in [1.807, 2.05) is 65.0 Å². The van der Waals surface area contributed by atoms with Crippen LogP contribution in [0.2, 0.25) is 0 Å². The first-order chi connectivity index (χ1) is 15.2. The number of benzene rings is 2. The van der Waals surface area contributed by atoms with Gasteiger partial charge in [0.15, 0.2) is 0 Å². The fraction of sp³-hybridized carbons (Fsp3) is 0.440. The lowest BCUT2D eigenvalue weighted by molar-refractivity contribution is -0.146. The fourth-order valence-electron chi connectivity index (χ4n) is 4.41. The van der Waals surface area contributed by atoms with Gasteiger partial charge < -0.3 is 10.2 Å². The van der Waals surface area contributed by atoms with E-state index in [9.17, 15) is 18.0 Å². The molecule has 178 valence electrons. The predicted molar refractivity (Wildman–Crippen MR) is 132 cm³/mol. The lowest BCUT2D eigenvalue weighted by Gasteiger charge is -2.39. The van der Waals surface area contributed by atoms with Crippen LogP contribution in [-0.2, 0) is 26.0 Å². The van der Waals surface area contributed by atoms with Crippen molar-refractivity contribution < 1.29 is 18.0 Å². The van der Waals surface area contributed by atoms with E-state index in [-0.39, 0.29) is 11.8 Å². The molecule has 0 saturated heterocycles. The van der Waals surface area contributed by atoms with E-state index in [1.165, 1.54) is 0 Å². The molecule has 2 amide bonds. The van der Waals surface area contributed by atoms with E-state index < -0.39 is 21.5 Å². The molecule has 1 aliphatic heterocycles. The lowest BCUT2D eigenvalue weighted by atomic mass is 9.87. The molecule has 1 unspecified atom stereocenters. The zero-order valence-corrected chi connectivity index (χ0v) is 21.2. The van der Waals surface area contributed by atoms with Crippen LogP contribution in [0.25, 0.3) is 0 Å². The van der Waals surface area contributed by atoms with Crippen LogP contribution >= 0.6 is 0 Å². The molecule has 0 aromatic heterocycles. The third kappa shape index (κ3) is 5.21. The van der Waals surface area contributed by atoms with Crippen LogP contribution in [0.5, 0.6) is 0 Å². The van der Waals surface area contributed by atoms with Gasteiger partial charge in [-0.15, -0.1) is 0 Å². The number of carbonyl (C=O) groups is 2. The molecule has 33 heavy (non-hydrogen) atoms. The Balaban J connectivity index is 2.06. The molecular weight excluding hydrogens is 438 g/mol. The number of hydrogen-bond acceptors (Lipinski definition) is 4. The maximum absolute atomic E-state index is 13.7. The standard InChI is InChI=1S/C25H33N3O4S/c1-15-14-16(2)21(27-33(7,31)32)17(3)20(15)26-23(29)22-19-11-9-8-10-18(19)12-13-28(22)24(30)25(4,5)6/h8-11,14,22,27H,12-13H2,1-7H3,(H,26,29). The number of nitrogens with one attached hydrogen (secondary N) is 2. The molecule has 0 bridgehead atoms. The largest absolute Gasteiger partial charge is 0.326 e. The Morgan fingerprint density at radius 3 is 2.24 bits per heavy atom. The molecule has 0 saturated carbocycles. The van der Waals surface area contributed by atoms with Crippen LogP contribution in [-0.4, -0.2) is 37.9 Å². The van der Waals surface area contributed by atoms with E-state index in [0.29, 0.717) is 29.9 Å². The molecule has 7 nitrogen and oxygen atoms in total. The van der Waals surface area contributed by atoms with Gasteiger partial charge in [0.2, 0.25) is 15.9 Å². The third-order valence-corrected chi connectivity index (χ3v) is 6.52. The minimum Gasteiger partial charge on any atom is -0.326 e. The second-order valence-electron chi connectivity index (χ2n) is 9.85. The number of carbonyl (C=O) groups excluding carboxylic acids is 2. The van der Waals surface area contributed by atoms with Gasteiger partial charge in [0.1, 0.15) is 6.04 Å². The predicted octanol–water partition coefficient (Wildman–Crippen LogP) is 4.09. The smallest absolute Gasteiger partial charge is 0.251 e. The second kappa shape index (κ2) is 8.82. The van der Waals surface area contributed by atoms with Crippen molar-refractivity contribution in [3.8, 4) is 0 Å². The Morgan fingerprint density at radius 1 is 1.03 bits per heavy atom. The third-order valence-electron chi connectivity index (χ3n) is 5.94. The Bertz CT molecular complexity index is 1210. The molecule has 1 atom stereocenters. The van der Waals surface area contributed by atoms with E-state index in [4.69, 9.17) is 0 Å². The first-order valence-corrected chi connectivity index (χ1v) is 12.9. The van der Waals surface area contributed by atoms with Gasteiger partial charge in [-0.25, -0.2) is 8.42 Å². The molecule has 8 heteroatoms. The van der Waals surface area contributed by atoms with Gasteiger partial charge in [-0.3, -0.25) is 14.3 Å². The summed E-state index contributed by atoms with van der Waals surface area (Å²) in [6.07, 6.45) is 1.78. The van der Waals surface area contributed by atoms with Crippen LogP contribution in [0.1, 0.15) is 54.6 Å². The normalized spacial score (nSPS) is 16.2. The number of amides is 2. The number of aryl methyl sites for hydroxylation is 2. The van der Waals surface area contributed by atoms with Crippen molar-refractivity contribution in [1.29, 1.82) is 0 Å². The van der Waals surface area contributed by atoms with Crippen molar-refractivity contribution in [3.05, 3.63) is 58.1 Å². The average molecular weight is 472 g/mol. The molecule has 0 spiro atoms. The summed E-state index contributed by atoms with van der Waals surface area (Å²) >= 11 is 0. The minimum absolute atomic E-state index is 0.0889. The van der Waals surface area contributed by atoms with Crippen LogP contribution in [0.3, 0.4) is 0 Å². The van der Waals surface area contributed by atoms with Gasteiger partial charge in [0.25, 0.3) is 5.91 Å². The van der Waals surface area contributed by atoms with Gasteiger partial charge in [-0.2, -0.15) is 0 Å². The maximum Gasteiger partial charge on any atom is 0.251 e. The van der Waals surface area contributed by atoms with Crippen LogP contribution in [0.15, 0.2) is 30.3 Å². The summed E-state index contributed by atoms with van der Waals surface area (Å²) < 4.78 is 26.3. The lowest BCUT2D eigenvalue weighted by Crippen LogP contribution is -2.49. The quantitative estimate of drug-likeness (QED) is 0.702. The monoisotopic (exact) mass is 471 g/mol. The molecule has 2 aromatic carbocycles. The number of nitrogens with zero attached hydrogens (tertiary/aromatic N) is 1. The fourth-order valence-corrected chi connectivity index (χ4v) is 5.10. The molecule has 0 fully saturated rings. The summed E-state index contributed by atoms with van der Waals surface area (Å²) in [5.74, 6) is -0.408. The number of anilines is 2. The van der Waals surface area contributed by atoms with Crippen molar-refractivity contribution >= 4 is 33.2 Å². The van der Waals surface area contributed by atoms with Crippen molar-refractivity contribution in [2.75, 3.05) is 22.8 Å². The molecule has 3 rings (SSSR count). The Labute approximate surface area is 196 Å². The zero-order chi connectivity index (χ0) is 24.7. The molecule has 0 aliphatic carbocycles. The molecule has 2 aromatic rings. The Morgan fingerprint density at radius 2 is 1.64 bits per heavy atom. The molecule has 1 aliphatic rings. The highest BCUT2D eigenvalue weighted by Crippen LogP contribution is 2.36. The topological polar surface area (TPSA) is 95.6 Å². The summed E-state index contributed by atoms with van der Waals surface area (Å²) in [6.45, 7) is 11.5. The van der Waals surface area contributed by atoms with Gasteiger partial charge in [-0.05, 0) is 55.0 Å². The summed E-state index contributed by atoms with van der Waals surface area (Å²) in [5.41, 5.74) is 4.43. The minimum atomic E-state index is -3.49. The van der Waals surface area contributed by atoms with Gasteiger partial charge in [-0.1, -0.05) is 51.1 Å². The van der Waals surface area contributed by atoms with E-state index >= 15 is 0 Å². The maximum atomic E-state index is 13.7. The summed E-state index contributed by atoms with van der Waals surface area (Å²) in [7, 11) is -3.49. The first-order valence-electron chi connectivity index (χ1n) is 11.0. The second-order valence-corrected chi connectivity index (χ2v) is 11.6. The van der Waals surface area contributed by atoms with Crippen molar-refractivity contribution in [3.63, 3.8) is 0 Å². The van der Waals surface area contributed by atoms with Gasteiger partial charge in [0, 0.05) is 17.6 Å². The number of sulfonamides is 1. The molecule has 2 N–H and O–H groups in total. The van der Waals surface area contributed by atoms with Crippen molar-refractivity contribution in [2.24, 2.45) is 5.41 Å². The van der Waals surface area contributed by atoms with Crippen molar-refractivity contribution in [2.45, 2.75) is 54.0 Å². The Kier molecular flexibility index (Phi) is 6.62. The van der Waals surface area contributed by atoms with Crippen molar-refractivity contribution in [1.82, 2.24) is 4.90 Å². The van der Waals surface area contributed by atoms with Crippen LogP contribution in [0.4, 0.5) is 11.4 Å². The highest BCUT2D eigenvalue weighted by Gasteiger charge is 2.39. The summed E-state index contributed by atoms with van der Waals surface area (Å²) in [4.78, 5) is 28.6. The highest BCUT2D eigenvalue weighted by atomic mass is 32.2. The first kappa shape index (κ1) is 24.8. The SMILES string of the molecule is Cc1cc(C)c(NS(C)(=O)=O)c(C)c1NC(=O)C1c2ccccc2CCN1C(=O)C(C)(C)C. The number of rotatable bonds is 4. The van der Waals surface area contributed by atoms with E-state index in [2.05, 4.69) is 10.0 Å². The average Bonchev–Trinajstić information content (AvgIpc) is 2.71.